The molecule has 0 aliphatic rings. The maximum absolute atomic E-state index is 13.1. The number of rotatable bonds is 5. The molecule has 0 unspecified atom stereocenters. The predicted molar refractivity (Wildman–Crippen MR) is 76.5 cm³/mol. The van der Waals surface area contributed by atoms with E-state index in [9.17, 15) is 9.50 Å². The monoisotopic (exact) mass is 286 g/mol. The van der Waals surface area contributed by atoms with Gasteiger partial charge < -0.3 is 10.4 Å². The van der Waals surface area contributed by atoms with Crippen LogP contribution in [0, 0.1) is 5.82 Å². The van der Waals surface area contributed by atoms with Gasteiger partial charge in [-0.05, 0) is 30.3 Å². The number of phenolic OH excluding ortho intramolecular Hbond substituents is 1. The number of nitrogens with one attached hydrogen (secondary N) is 1. The number of aromatic nitrogens is 3. The average Bonchev–Trinajstić information content (AvgIpc) is 2.90. The van der Waals surface area contributed by atoms with Gasteiger partial charge in [-0.2, -0.15) is 0 Å². The molecule has 2 aromatic heterocycles. The molecular weight excluding hydrogens is 271 g/mol. The molecule has 1 aromatic carbocycles. The number of fused-ring (bicyclic) bond motifs is 1. The summed E-state index contributed by atoms with van der Waals surface area (Å²) in [6.45, 7) is 1.06. The third kappa shape index (κ3) is 3.00. The number of halogens is 1. The lowest BCUT2D eigenvalue weighted by Crippen LogP contribution is -2.18. The number of pyridine rings is 1. The van der Waals surface area contributed by atoms with Crippen LogP contribution < -0.4 is 5.32 Å². The second kappa shape index (κ2) is 5.88. The number of nitrogens with zero attached hydrogens (tertiary/aromatic N) is 3. The largest absolute Gasteiger partial charge is 0.508 e. The highest BCUT2D eigenvalue weighted by atomic mass is 19.1. The Morgan fingerprint density at radius 1 is 1.19 bits per heavy atom. The number of hydrogen-bond donors (Lipinski definition) is 2. The first-order valence-corrected chi connectivity index (χ1v) is 6.71. The van der Waals surface area contributed by atoms with Crippen molar-refractivity contribution in [3.8, 4) is 5.75 Å². The van der Waals surface area contributed by atoms with E-state index >= 15 is 0 Å². The fraction of sp³-hybridized carbons (Fsp3) is 0.200. The van der Waals surface area contributed by atoms with Crippen molar-refractivity contribution < 1.29 is 9.50 Å². The summed E-state index contributed by atoms with van der Waals surface area (Å²) in [5.41, 5.74) is 1.36. The standard InChI is InChI=1S/C15H15FN4O/c16-12-4-5-13(21)11(9-12)10-17-7-6-15-19-18-14-3-1-2-8-20(14)15/h1-5,8-9,17,21H,6-7,10H2. The highest BCUT2D eigenvalue weighted by Gasteiger charge is 2.05. The second-order valence-electron chi connectivity index (χ2n) is 4.74. The molecule has 2 heterocycles. The van der Waals surface area contributed by atoms with Crippen molar-refractivity contribution in [1.29, 1.82) is 0 Å². The number of aromatic hydroxyl groups is 1. The van der Waals surface area contributed by atoms with Crippen LogP contribution in [0.5, 0.6) is 5.75 Å². The molecule has 21 heavy (non-hydrogen) atoms. The molecule has 0 fully saturated rings. The second-order valence-corrected chi connectivity index (χ2v) is 4.74. The lowest BCUT2D eigenvalue weighted by atomic mass is 10.2. The van der Waals surface area contributed by atoms with Crippen LogP contribution in [0.25, 0.3) is 5.65 Å². The van der Waals surface area contributed by atoms with E-state index in [4.69, 9.17) is 0 Å². The van der Waals surface area contributed by atoms with E-state index in [2.05, 4.69) is 15.5 Å². The van der Waals surface area contributed by atoms with Gasteiger partial charge in [0.05, 0.1) is 0 Å². The van der Waals surface area contributed by atoms with E-state index in [1.54, 1.807) is 0 Å². The zero-order valence-electron chi connectivity index (χ0n) is 11.3. The van der Waals surface area contributed by atoms with E-state index in [1.165, 1.54) is 18.2 Å². The van der Waals surface area contributed by atoms with E-state index in [0.717, 1.165) is 11.5 Å². The molecule has 6 heteroatoms. The maximum Gasteiger partial charge on any atom is 0.160 e. The first kappa shape index (κ1) is 13.5. The Balaban J connectivity index is 1.58. The van der Waals surface area contributed by atoms with Crippen molar-refractivity contribution in [2.45, 2.75) is 13.0 Å². The summed E-state index contributed by atoms with van der Waals surface area (Å²) in [7, 11) is 0. The SMILES string of the molecule is Oc1ccc(F)cc1CNCCc1nnc2ccccn12. The Labute approximate surface area is 121 Å². The van der Waals surface area contributed by atoms with E-state index < -0.39 is 0 Å². The van der Waals surface area contributed by atoms with Crippen molar-refractivity contribution in [3.63, 3.8) is 0 Å². The molecule has 3 aromatic rings. The summed E-state index contributed by atoms with van der Waals surface area (Å²) in [6, 6.07) is 9.67. The highest BCUT2D eigenvalue weighted by Crippen LogP contribution is 2.17. The van der Waals surface area contributed by atoms with Crippen LogP contribution in [0.2, 0.25) is 0 Å². The first-order valence-electron chi connectivity index (χ1n) is 6.71. The zero-order chi connectivity index (χ0) is 14.7. The fourth-order valence-electron chi connectivity index (χ4n) is 2.18. The minimum atomic E-state index is -0.354. The molecule has 0 radical (unpaired) electrons. The summed E-state index contributed by atoms with van der Waals surface area (Å²) in [5, 5.41) is 21.0. The molecule has 0 bridgehead atoms. The zero-order valence-corrected chi connectivity index (χ0v) is 11.3. The van der Waals surface area contributed by atoms with Gasteiger partial charge in [-0.25, -0.2) is 4.39 Å². The van der Waals surface area contributed by atoms with Gasteiger partial charge in [0.15, 0.2) is 5.65 Å². The topological polar surface area (TPSA) is 62.5 Å². The molecular formula is C15H15FN4O. The van der Waals surface area contributed by atoms with E-state index in [-0.39, 0.29) is 11.6 Å². The molecule has 108 valence electrons. The van der Waals surface area contributed by atoms with Crippen LogP contribution in [0.4, 0.5) is 4.39 Å². The Bertz CT molecular complexity index is 756. The van der Waals surface area contributed by atoms with Gasteiger partial charge in [-0.1, -0.05) is 6.07 Å². The van der Waals surface area contributed by atoms with Gasteiger partial charge in [-0.3, -0.25) is 4.40 Å². The smallest absolute Gasteiger partial charge is 0.160 e. The van der Waals surface area contributed by atoms with Crippen molar-refractivity contribution in [3.05, 3.63) is 59.8 Å². The lowest BCUT2D eigenvalue weighted by Gasteiger charge is -2.06. The van der Waals surface area contributed by atoms with E-state index in [0.29, 0.717) is 25.1 Å². The van der Waals surface area contributed by atoms with Crippen molar-refractivity contribution >= 4 is 5.65 Å². The Morgan fingerprint density at radius 3 is 3.00 bits per heavy atom. The fourth-order valence-corrected chi connectivity index (χ4v) is 2.18. The minimum Gasteiger partial charge on any atom is -0.508 e. The molecule has 0 atom stereocenters. The number of phenols is 1. The summed E-state index contributed by atoms with van der Waals surface area (Å²) in [6.07, 6.45) is 2.62. The van der Waals surface area contributed by atoms with Crippen LogP contribution in [0.15, 0.2) is 42.6 Å². The average molecular weight is 286 g/mol. The molecule has 0 spiro atoms. The molecule has 0 saturated heterocycles. The summed E-state index contributed by atoms with van der Waals surface area (Å²) >= 11 is 0. The molecule has 3 rings (SSSR count). The molecule has 5 nitrogen and oxygen atoms in total. The third-order valence-electron chi connectivity index (χ3n) is 3.27. The highest BCUT2D eigenvalue weighted by molar-refractivity contribution is 5.37. The van der Waals surface area contributed by atoms with Crippen LogP contribution in [0.1, 0.15) is 11.4 Å². The van der Waals surface area contributed by atoms with Gasteiger partial charge in [0.2, 0.25) is 0 Å². The van der Waals surface area contributed by atoms with Crippen LogP contribution >= 0.6 is 0 Å². The summed E-state index contributed by atoms with van der Waals surface area (Å²) in [4.78, 5) is 0. The van der Waals surface area contributed by atoms with Crippen molar-refractivity contribution in [2.24, 2.45) is 0 Å². The minimum absolute atomic E-state index is 0.0943. The Morgan fingerprint density at radius 2 is 2.10 bits per heavy atom. The van der Waals surface area contributed by atoms with Crippen molar-refractivity contribution in [2.75, 3.05) is 6.54 Å². The van der Waals surface area contributed by atoms with Gasteiger partial charge in [0, 0.05) is 31.3 Å². The maximum atomic E-state index is 13.1. The molecule has 0 amide bonds. The van der Waals surface area contributed by atoms with Crippen LogP contribution in [-0.2, 0) is 13.0 Å². The van der Waals surface area contributed by atoms with Gasteiger partial charge in [-0.15, -0.1) is 10.2 Å². The van der Waals surface area contributed by atoms with Gasteiger partial charge in [0.25, 0.3) is 0 Å². The number of hydrogen-bond acceptors (Lipinski definition) is 4. The van der Waals surface area contributed by atoms with Crippen molar-refractivity contribution in [1.82, 2.24) is 19.9 Å². The third-order valence-corrected chi connectivity index (χ3v) is 3.27. The quantitative estimate of drug-likeness (QED) is 0.703. The van der Waals surface area contributed by atoms with Crippen LogP contribution in [-0.4, -0.2) is 26.2 Å². The van der Waals surface area contributed by atoms with Crippen LogP contribution in [0.3, 0.4) is 0 Å². The van der Waals surface area contributed by atoms with Gasteiger partial charge >= 0.3 is 0 Å². The Kier molecular flexibility index (Phi) is 3.79. The Hall–Kier alpha value is -2.47. The normalized spacial score (nSPS) is 11.1. The number of benzene rings is 1. The molecule has 2 N–H and O–H groups in total. The predicted octanol–water partition coefficient (Wildman–Crippen LogP) is 1.91. The van der Waals surface area contributed by atoms with Gasteiger partial charge in [0.1, 0.15) is 17.4 Å². The first-order chi connectivity index (χ1) is 10.2. The molecule has 0 saturated carbocycles. The summed E-state index contributed by atoms with van der Waals surface area (Å²) < 4.78 is 15.0. The molecule has 0 aliphatic carbocycles. The summed E-state index contributed by atoms with van der Waals surface area (Å²) in [5.74, 6) is 0.603. The van der Waals surface area contributed by atoms with E-state index in [1.807, 2.05) is 28.8 Å². The molecule has 0 aliphatic heterocycles. The lowest BCUT2D eigenvalue weighted by molar-refractivity contribution is 0.461.